The lowest BCUT2D eigenvalue weighted by molar-refractivity contribution is 0.110. The van der Waals surface area contributed by atoms with Gasteiger partial charge in [-0.05, 0) is 31.2 Å². The van der Waals surface area contributed by atoms with Gasteiger partial charge in [0.1, 0.15) is 5.75 Å². The molecule has 0 saturated heterocycles. The average molecular weight is 609 g/mol. The minimum Gasteiger partial charge on any atom is -0.404 e. The van der Waals surface area contributed by atoms with Gasteiger partial charge in [0, 0.05) is 5.56 Å². The fourth-order valence-corrected chi connectivity index (χ4v) is 6.96. The highest BCUT2D eigenvalue weighted by Crippen LogP contribution is 2.52. The van der Waals surface area contributed by atoms with E-state index >= 15 is 0 Å². The molecule has 4 nitrogen and oxygen atoms in total. The molecule has 0 saturated carbocycles. The second-order valence-electron chi connectivity index (χ2n) is 13.5. The summed E-state index contributed by atoms with van der Waals surface area (Å²) in [7, 11) is -3.75. The van der Waals surface area contributed by atoms with Crippen LogP contribution >= 0.6 is 7.82 Å². The van der Waals surface area contributed by atoms with Crippen molar-refractivity contribution >= 4 is 7.82 Å². The first-order chi connectivity index (χ1) is 20.2. The topological polar surface area (TPSA) is 44.8 Å². The van der Waals surface area contributed by atoms with Crippen LogP contribution in [0.3, 0.4) is 0 Å². The Morgan fingerprint density at radius 1 is 0.643 bits per heavy atom. The molecular formula is C37H69O4P. The first kappa shape index (κ1) is 39.2. The zero-order valence-corrected chi connectivity index (χ0v) is 29.6. The van der Waals surface area contributed by atoms with Crippen molar-refractivity contribution in [2.45, 2.75) is 194 Å². The molecule has 0 N–H and O–H groups in total. The summed E-state index contributed by atoms with van der Waals surface area (Å²) in [6, 6.07) is 7.84. The molecule has 1 rings (SSSR count). The zero-order chi connectivity index (χ0) is 30.9. The Hall–Kier alpha value is -0.830. The van der Waals surface area contributed by atoms with Gasteiger partial charge in [0.2, 0.25) is 0 Å². The summed E-state index contributed by atoms with van der Waals surface area (Å²) in [5, 5.41) is 0. The molecule has 0 aliphatic rings. The van der Waals surface area contributed by atoms with E-state index in [1.165, 1.54) is 116 Å². The van der Waals surface area contributed by atoms with Gasteiger partial charge in [-0.25, -0.2) is 4.57 Å². The predicted molar refractivity (Wildman–Crippen MR) is 183 cm³/mol. The van der Waals surface area contributed by atoms with Crippen molar-refractivity contribution < 1.29 is 18.1 Å². The highest BCUT2D eigenvalue weighted by Gasteiger charge is 2.33. The standard InChI is InChI=1S/C37H69O4P/c1-7-9-11-13-15-17-19-21-23-25-29-33-39-42(38,41-36-32-28-27-31-35(36)37(4,5)6)40-34(3)30-26-24-22-20-18-16-14-12-10-8-2/h27-28,31-32,34H,7-26,29-30,33H2,1-6H3. The van der Waals surface area contributed by atoms with Gasteiger partial charge in [0.05, 0.1) is 12.7 Å². The van der Waals surface area contributed by atoms with Crippen LogP contribution in [-0.4, -0.2) is 12.7 Å². The van der Waals surface area contributed by atoms with E-state index in [9.17, 15) is 4.57 Å². The van der Waals surface area contributed by atoms with E-state index in [0.29, 0.717) is 12.4 Å². The molecule has 246 valence electrons. The fourth-order valence-electron chi connectivity index (χ4n) is 5.50. The van der Waals surface area contributed by atoms with Crippen LogP contribution in [0.4, 0.5) is 0 Å². The van der Waals surface area contributed by atoms with Gasteiger partial charge in [-0.15, -0.1) is 0 Å². The summed E-state index contributed by atoms with van der Waals surface area (Å²) in [6.07, 6.45) is 27.6. The summed E-state index contributed by atoms with van der Waals surface area (Å²) < 4.78 is 32.2. The second kappa shape index (κ2) is 24.5. The number of benzene rings is 1. The predicted octanol–water partition coefficient (Wildman–Crippen LogP) is 13.5. The van der Waals surface area contributed by atoms with Crippen molar-refractivity contribution in [1.29, 1.82) is 0 Å². The van der Waals surface area contributed by atoms with Gasteiger partial charge in [0.15, 0.2) is 0 Å². The summed E-state index contributed by atoms with van der Waals surface area (Å²) in [6.45, 7) is 13.4. The summed E-state index contributed by atoms with van der Waals surface area (Å²) in [5.41, 5.74) is 0.869. The molecule has 0 aromatic heterocycles. The number of phosphoric acid groups is 1. The normalized spacial score (nSPS) is 14.1. The van der Waals surface area contributed by atoms with Gasteiger partial charge in [0.25, 0.3) is 0 Å². The summed E-state index contributed by atoms with van der Waals surface area (Å²) in [5.74, 6) is 0.596. The van der Waals surface area contributed by atoms with Gasteiger partial charge < -0.3 is 4.52 Å². The van der Waals surface area contributed by atoms with Crippen molar-refractivity contribution in [3.63, 3.8) is 0 Å². The van der Waals surface area contributed by atoms with Crippen LogP contribution in [0, 0.1) is 0 Å². The van der Waals surface area contributed by atoms with Crippen LogP contribution < -0.4 is 4.52 Å². The molecule has 2 unspecified atom stereocenters. The van der Waals surface area contributed by atoms with E-state index in [1.54, 1.807) is 0 Å². The van der Waals surface area contributed by atoms with E-state index < -0.39 is 7.82 Å². The molecule has 0 aliphatic heterocycles. The van der Waals surface area contributed by atoms with Gasteiger partial charge in [-0.3, -0.25) is 9.05 Å². The fraction of sp³-hybridized carbons (Fsp3) is 0.838. The summed E-state index contributed by atoms with van der Waals surface area (Å²) >= 11 is 0. The van der Waals surface area contributed by atoms with Crippen LogP contribution in [0.25, 0.3) is 0 Å². The first-order valence-corrected chi connectivity index (χ1v) is 19.4. The minimum absolute atomic E-state index is 0.140. The summed E-state index contributed by atoms with van der Waals surface area (Å²) in [4.78, 5) is 0. The molecule has 0 spiro atoms. The van der Waals surface area contributed by atoms with Crippen LogP contribution in [0.5, 0.6) is 5.75 Å². The molecule has 5 heteroatoms. The lowest BCUT2D eigenvalue weighted by Gasteiger charge is -2.26. The van der Waals surface area contributed by atoms with Crippen molar-refractivity contribution in [2.24, 2.45) is 0 Å². The van der Waals surface area contributed by atoms with Gasteiger partial charge >= 0.3 is 7.82 Å². The van der Waals surface area contributed by atoms with Crippen molar-refractivity contribution in [2.75, 3.05) is 6.61 Å². The van der Waals surface area contributed by atoms with Gasteiger partial charge in [-0.1, -0.05) is 181 Å². The quantitative estimate of drug-likeness (QED) is 0.0701. The number of phosphoric ester groups is 1. The molecule has 42 heavy (non-hydrogen) atoms. The van der Waals surface area contributed by atoms with Gasteiger partial charge in [-0.2, -0.15) is 0 Å². The first-order valence-electron chi connectivity index (χ1n) is 17.9. The van der Waals surface area contributed by atoms with Crippen LogP contribution in [0.1, 0.15) is 188 Å². The van der Waals surface area contributed by atoms with E-state index in [1.807, 2.05) is 31.2 Å². The largest absolute Gasteiger partial charge is 0.530 e. The lowest BCUT2D eigenvalue weighted by atomic mass is 9.86. The van der Waals surface area contributed by atoms with E-state index in [-0.39, 0.29) is 11.5 Å². The Morgan fingerprint density at radius 2 is 1.07 bits per heavy atom. The van der Waals surface area contributed by atoms with E-state index in [4.69, 9.17) is 13.6 Å². The van der Waals surface area contributed by atoms with Crippen molar-refractivity contribution in [3.05, 3.63) is 29.8 Å². The Balaban J connectivity index is 2.50. The Kier molecular flexibility index (Phi) is 22.9. The smallest absolute Gasteiger partial charge is 0.404 e. The number of rotatable bonds is 28. The number of hydrogen-bond acceptors (Lipinski definition) is 4. The number of unbranched alkanes of at least 4 members (excludes halogenated alkanes) is 19. The SMILES string of the molecule is CCCCCCCCCCCCCOP(=O)(Oc1ccccc1C(C)(C)C)OC(C)CCCCCCCCCCCC. The molecule has 1 aromatic rings. The van der Waals surface area contributed by atoms with Crippen LogP contribution in [-0.2, 0) is 19.0 Å². The Bertz CT molecular complexity index is 803. The third kappa shape index (κ3) is 20.2. The Labute approximate surface area is 262 Å². The van der Waals surface area contributed by atoms with Crippen molar-refractivity contribution in [1.82, 2.24) is 0 Å². The number of para-hydroxylation sites is 1. The molecule has 0 fully saturated rings. The lowest BCUT2D eigenvalue weighted by Crippen LogP contribution is -2.16. The van der Waals surface area contributed by atoms with E-state index in [2.05, 4.69) is 34.6 Å². The average Bonchev–Trinajstić information content (AvgIpc) is 2.94. The molecule has 0 radical (unpaired) electrons. The maximum atomic E-state index is 14.0. The third-order valence-corrected chi connectivity index (χ3v) is 9.71. The highest BCUT2D eigenvalue weighted by atomic mass is 31.2. The van der Waals surface area contributed by atoms with Crippen molar-refractivity contribution in [3.8, 4) is 5.75 Å². The second-order valence-corrected chi connectivity index (χ2v) is 15.1. The molecule has 0 bridgehead atoms. The maximum absolute atomic E-state index is 14.0. The van der Waals surface area contributed by atoms with Crippen LogP contribution in [0.2, 0.25) is 0 Å². The Morgan fingerprint density at radius 3 is 1.55 bits per heavy atom. The third-order valence-electron chi connectivity index (χ3n) is 8.18. The minimum atomic E-state index is -3.75. The molecule has 1 aromatic carbocycles. The molecule has 2 atom stereocenters. The molecule has 0 amide bonds. The monoisotopic (exact) mass is 608 g/mol. The highest BCUT2D eigenvalue weighted by molar-refractivity contribution is 7.49. The molecule has 0 aliphatic carbocycles. The van der Waals surface area contributed by atoms with Crippen LogP contribution in [0.15, 0.2) is 24.3 Å². The maximum Gasteiger partial charge on any atom is 0.530 e. The number of hydrogen-bond donors (Lipinski definition) is 0. The molecule has 0 heterocycles. The zero-order valence-electron chi connectivity index (χ0n) is 28.7. The molecular weight excluding hydrogens is 539 g/mol. The van der Waals surface area contributed by atoms with E-state index in [0.717, 1.165) is 31.2 Å².